The Hall–Kier alpha value is -1.76. The molecule has 146 valence electrons. The fourth-order valence-electron chi connectivity index (χ4n) is 2.33. The maximum absolute atomic E-state index is 12.4. The fourth-order valence-corrected chi connectivity index (χ4v) is 2.33. The monoisotopic (exact) mass is 426 g/mol. The standard InChI is InChI=1S/C19H30N4O2.BrH/c1-4-6-13-23(14-7-5-2)19(25)15-17(3)20-21-18(24)16-22-11-9-8-10-12-22;/h8-12H,4-7,13-16H2,1-3H3;1H/b20-17+;. The number of nitrogens with one attached hydrogen (secondary N) is 1. The van der Waals surface area contributed by atoms with Crippen LogP contribution in [0.4, 0.5) is 0 Å². The molecule has 0 aliphatic rings. The Morgan fingerprint density at radius 1 is 1.04 bits per heavy atom. The number of pyridine rings is 1. The van der Waals surface area contributed by atoms with E-state index in [2.05, 4.69) is 24.4 Å². The molecule has 0 saturated heterocycles. The summed E-state index contributed by atoms with van der Waals surface area (Å²) in [6.45, 7) is 7.79. The lowest BCUT2D eigenvalue weighted by Crippen LogP contribution is -3.00. The molecule has 1 heterocycles. The molecule has 0 spiro atoms. The third-order valence-corrected chi connectivity index (χ3v) is 3.80. The van der Waals surface area contributed by atoms with Gasteiger partial charge in [-0.3, -0.25) is 9.59 Å². The number of hydrazone groups is 1. The van der Waals surface area contributed by atoms with Gasteiger partial charge in [0.25, 0.3) is 0 Å². The van der Waals surface area contributed by atoms with Crippen molar-refractivity contribution >= 4 is 17.5 Å². The van der Waals surface area contributed by atoms with Crippen molar-refractivity contribution in [3.05, 3.63) is 30.6 Å². The van der Waals surface area contributed by atoms with Crippen LogP contribution in [0.3, 0.4) is 0 Å². The number of halogens is 1. The second-order valence-corrected chi connectivity index (χ2v) is 6.19. The zero-order valence-corrected chi connectivity index (χ0v) is 17.7. The number of rotatable bonds is 11. The first kappa shape index (κ1) is 24.2. The van der Waals surface area contributed by atoms with Gasteiger partial charge in [0.15, 0.2) is 12.4 Å². The summed E-state index contributed by atoms with van der Waals surface area (Å²) in [6, 6.07) is 5.62. The molecule has 0 aromatic carbocycles. The summed E-state index contributed by atoms with van der Waals surface area (Å²) < 4.78 is 1.77. The Bertz CT molecular complexity index is 556. The number of nitrogens with zero attached hydrogens (tertiary/aromatic N) is 3. The van der Waals surface area contributed by atoms with E-state index in [0.29, 0.717) is 5.71 Å². The van der Waals surface area contributed by atoms with Crippen molar-refractivity contribution in [3.8, 4) is 0 Å². The molecule has 1 rings (SSSR count). The molecule has 2 amide bonds. The van der Waals surface area contributed by atoms with Gasteiger partial charge in [0.1, 0.15) is 0 Å². The molecule has 0 aliphatic heterocycles. The molecule has 26 heavy (non-hydrogen) atoms. The molecule has 1 N–H and O–H groups in total. The highest BCUT2D eigenvalue weighted by Crippen LogP contribution is 2.03. The minimum absolute atomic E-state index is 0. The number of carbonyl (C=O) groups excluding carboxylic acids is 2. The Balaban J connectivity index is 0.00000625. The summed E-state index contributed by atoms with van der Waals surface area (Å²) in [5, 5.41) is 4.06. The topological polar surface area (TPSA) is 65.7 Å². The highest BCUT2D eigenvalue weighted by Gasteiger charge is 2.14. The third kappa shape index (κ3) is 10.3. The Morgan fingerprint density at radius 2 is 1.62 bits per heavy atom. The van der Waals surface area contributed by atoms with Crippen LogP contribution in [0.2, 0.25) is 0 Å². The van der Waals surface area contributed by atoms with Crippen molar-refractivity contribution in [3.63, 3.8) is 0 Å². The smallest absolute Gasteiger partial charge is 0.305 e. The van der Waals surface area contributed by atoms with Crippen molar-refractivity contribution < 1.29 is 31.1 Å². The number of aromatic nitrogens is 1. The van der Waals surface area contributed by atoms with Gasteiger partial charge < -0.3 is 21.9 Å². The highest BCUT2D eigenvalue weighted by atomic mass is 79.9. The van der Waals surface area contributed by atoms with Gasteiger partial charge >= 0.3 is 5.91 Å². The zero-order valence-electron chi connectivity index (χ0n) is 16.1. The van der Waals surface area contributed by atoms with E-state index in [0.717, 1.165) is 38.8 Å². The van der Waals surface area contributed by atoms with Crippen molar-refractivity contribution in [2.24, 2.45) is 5.10 Å². The number of hydrogen-bond donors (Lipinski definition) is 1. The molecule has 7 heteroatoms. The van der Waals surface area contributed by atoms with Gasteiger partial charge in [0, 0.05) is 30.9 Å². The normalized spacial score (nSPS) is 10.8. The number of carbonyl (C=O) groups is 2. The molecule has 0 saturated carbocycles. The fraction of sp³-hybridized carbons (Fsp3) is 0.579. The molecule has 6 nitrogen and oxygen atoms in total. The second kappa shape index (κ2) is 14.4. The van der Waals surface area contributed by atoms with Crippen LogP contribution in [-0.4, -0.2) is 35.5 Å². The second-order valence-electron chi connectivity index (χ2n) is 6.19. The van der Waals surface area contributed by atoms with E-state index >= 15 is 0 Å². The number of hydrogen-bond acceptors (Lipinski definition) is 3. The van der Waals surface area contributed by atoms with Gasteiger partial charge in [0.2, 0.25) is 12.5 Å². The number of unbranched alkanes of at least 4 members (excludes halogenated alkanes) is 2. The van der Waals surface area contributed by atoms with Crippen molar-refractivity contribution in [2.45, 2.75) is 59.4 Å². The van der Waals surface area contributed by atoms with Crippen LogP contribution in [0.5, 0.6) is 0 Å². The van der Waals surface area contributed by atoms with Gasteiger partial charge in [-0.1, -0.05) is 32.8 Å². The maximum atomic E-state index is 12.4. The third-order valence-electron chi connectivity index (χ3n) is 3.80. The van der Waals surface area contributed by atoms with Gasteiger partial charge in [0.05, 0.1) is 6.42 Å². The summed E-state index contributed by atoms with van der Waals surface area (Å²) in [5.41, 5.74) is 3.14. The first-order chi connectivity index (χ1) is 12.1. The zero-order chi connectivity index (χ0) is 18.5. The van der Waals surface area contributed by atoms with Crippen LogP contribution < -0.4 is 27.0 Å². The molecule has 0 unspecified atom stereocenters. The average Bonchev–Trinajstić information content (AvgIpc) is 2.61. The summed E-state index contributed by atoms with van der Waals surface area (Å²) >= 11 is 0. The molecule has 0 bridgehead atoms. The SMILES string of the molecule is CCCCN(CCCC)C(=O)C/C(C)=N/NC(=O)C[n+]1ccccc1.[Br-]. The molecule has 1 aromatic heterocycles. The van der Waals surface area contributed by atoms with Crippen LogP contribution >= 0.6 is 0 Å². The summed E-state index contributed by atoms with van der Waals surface area (Å²) in [6.07, 6.45) is 8.03. The van der Waals surface area contributed by atoms with Gasteiger partial charge in [-0.2, -0.15) is 9.67 Å². The summed E-state index contributed by atoms with van der Waals surface area (Å²) in [5.74, 6) is -0.133. The van der Waals surface area contributed by atoms with Gasteiger partial charge in [-0.05, 0) is 19.8 Å². The summed E-state index contributed by atoms with van der Waals surface area (Å²) in [4.78, 5) is 26.2. The van der Waals surface area contributed by atoms with E-state index in [9.17, 15) is 9.59 Å². The van der Waals surface area contributed by atoms with E-state index in [1.807, 2.05) is 35.5 Å². The molecular formula is C19H31BrN4O2. The first-order valence-corrected chi connectivity index (χ1v) is 9.10. The molecule has 0 atom stereocenters. The molecule has 0 aliphatic carbocycles. The van der Waals surface area contributed by atoms with Crippen LogP contribution in [0.25, 0.3) is 0 Å². The van der Waals surface area contributed by atoms with E-state index in [4.69, 9.17) is 0 Å². The van der Waals surface area contributed by atoms with E-state index in [1.54, 1.807) is 11.5 Å². The molecule has 1 aromatic rings. The predicted octanol–water partition coefficient (Wildman–Crippen LogP) is -0.711. The van der Waals surface area contributed by atoms with Gasteiger partial charge in [-0.15, -0.1) is 0 Å². The maximum Gasteiger partial charge on any atom is 0.305 e. The van der Waals surface area contributed by atoms with E-state index < -0.39 is 0 Å². The Kier molecular flexibility index (Phi) is 13.4. The molecule has 0 radical (unpaired) electrons. The highest BCUT2D eigenvalue weighted by molar-refractivity contribution is 6.00. The van der Waals surface area contributed by atoms with Crippen molar-refractivity contribution in [1.29, 1.82) is 0 Å². The van der Waals surface area contributed by atoms with E-state index in [-0.39, 0.29) is 41.8 Å². The molecular weight excluding hydrogens is 396 g/mol. The first-order valence-electron chi connectivity index (χ1n) is 9.10. The van der Waals surface area contributed by atoms with Crippen molar-refractivity contribution in [1.82, 2.24) is 10.3 Å². The van der Waals surface area contributed by atoms with Crippen LogP contribution in [-0.2, 0) is 16.1 Å². The lowest BCUT2D eigenvalue weighted by atomic mass is 10.2. The average molecular weight is 427 g/mol. The quantitative estimate of drug-likeness (QED) is 0.288. The Labute approximate surface area is 167 Å². The lowest BCUT2D eigenvalue weighted by molar-refractivity contribution is -0.684. The lowest BCUT2D eigenvalue weighted by Gasteiger charge is -2.22. The van der Waals surface area contributed by atoms with Gasteiger partial charge in [-0.25, -0.2) is 5.43 Å². The Morgan fingerprint density at radius 3 is 2.15 bits per heavy atom. The largest absolute Gasteiger partial charge is 1.00 e. The van der Waals surface area contributed by atoms with Crippen LogP contribution in [0.1, 0.15) is 52.9 Å². The predicted molar refractivity (Wildman–Crippen MR) is 98.9 cm³/mol. The van der Waals surface area contributed by atoms with Crippen LogP contribution in [0, 0.1) is 0 Å². The minimum atomic E-state index is -0.211. The minimum Gasteiger partial charge on any atom is -1.00 e. The van der Waals surface area contributed by atoms with Crippen molar-refractivity contribution in [2.75, 3.05) is 13.1 Å². The van der Waals surface area contributed by atoms with Crippen LogP contribution in [0.15, 0.2) is 35.7 Å². The number of amides is 2. The van der Waals surface area contributed by atoms with E-state index in [1.165, 1.54) is 0 Å². The summed E-state index contributed by atoms with van der Waals surface area (Å²) in [7, 11) is 0. The molecule has 0 fully saturated rings.